The van der Waals surface area contributed by atoms with Crippen LogP contribution in [0, 0.1) is 0 Å². The number of anilines is 1. The van der Waals surface area contributed by atoms with Crippen LogP contribution in [0.3, 0.4) is 0 Å². The van der Waals surface area contributed by atoms with E-state index in [2.05, 4.69) is 25.6 Å². The second kappa shape index (κ2) is 6.72. The zero-order valence-electron chi connectivity index (χ0n) is 13.7. The van der Waals surface area contributed by atoms with Crippen molar-refractivity contribution in [2.75, 3.05) is 5.32 Å². The molecule has 2 aromatic heterocycles. The number of carbonyl (C=O) groups excluding carboxylic acids is 2. The van der Waals surface area contributed by atoms with Crippen LogP contribution in [0.25, 0.3) is 11.4 Å². The second-order valence-electron chi connectivity index (χ2n) is 5.90. The molecule has 4 rings (SSSR count). The molecule has 0 aliphatic carbocycles. The normalized spacial score (nSPS) is 15.7. The van der Waals surface area contributed by atoms with Gasteiger partial charge in [0.05, 0.1) is 18.0 Å². The summed E-state index contributed by atoms with van der Waals surface area (Å²) in [4.78, 5) is 36.8. The zero-order valence-corrected chi connectivity index (χ0v) is 13.7. The number of pyridine rings is 1. The van der Waals surface area contributed by atoms with E-state index < -0.39 is 0 Å². The van der Waals surface area contributed by atoms with E-state index >= 15 is 0 Å². The van der Waals surface area contributed by atoms with Crippen molar-refractivity contribution in [1.29, 1.82) is 0 Å². The van der Waals surface area contributed by atoms with Crippen molar-refractivity contribution in [3.63, 3.8) is 0 Å². The van der Waals surface area contributed by atoms with Crippen molar-refractivity contribution in [3.8, 4) is 11.4 Å². The van der Waals surface area contributed by atoms with Crippen molar-refractivity contribution in [2.45, 2.75) is 12.5 Å². The molecular weight excluding hydrogens is 330 g/mol. The van der Waals surface area contributed by atoms with Crippen LogP contribution in [0.15, 0.2) is 61.2 Å². The molecule has 7 nitrogen and oxygen atoms in total. The first kappa shape index (κ1) is 15.9. The number of hydrogen-bond donors (Lipinski definition) is 2. The number of aromatic nitrogens is 3. The van der Waals surface area contributed by atoms with Crippen molar-refractivity contribution < 1.29 is 9.59 Å². The molecule has 26 heavy (non-hydrogen) atoms. The number of para-hydroxylation sites is 1. The molecule has 0 unspecified atom stereocenters. The Balaban J connectivity index is 1.53. The third-order valence-electron chi connectivity index (χ3n) is 4.16. The maximum Gasteiger partial charge on any atom is 0.254 e. The van der Waals surface area contributed by atoms with Gasteiger partial charge in [-0.05, 0) is 23.8 Å². The van der Waals surface area contributed by atoms with Crippen LogP contribution in [0.1, 0.15) is 28.4 Å². The van der Waals surface area contributed by atoms with Crippen LogP contribution in [0.5, 0.6) is 0 Å². The summed E-state index contributed by atoms with van der Waals surface area (Å²) in [6.45, 7) is 0. The van der Waals surface area contributed by atoms with E-state index in [-0.39, 0.29) is 24.3 Å². The van der Waals surface area contributed by atoms with Crippen molar-refractivity contribution in [1.82, 2.24) is 20.3 Å². The molecule has 0 bridgehead atoms. The number of benzene rings is 1. The van der Waals surface area contributed by atoms with Crippen LogP contribution in [-0.4, -0.2) is 26.8 Å². The minimum absolute atomic E-state index is 0.127. The highest BCUT2D eigenvalue weighted by molar-refractivity contribution is 5.97. The third kappa shape index (κ3) is 3.14. The molecule has 0 spiro atoms. The summed E-state index contributed by atoms with van der Waals surface area (Å²) < 4.78 is 0. The van der Waals surface area contributed by atoms with Crippen LogP contribution < -0.4 is 10.6 Å². The molecule has 0 saturated carbocycles. The predicted molar refractivity (Wildman–Crippen MR) is 95.2 cm³/mol. The Morgan fingerprint density at radius 3 is 2.58 bits per heavy atom. The van der Waals surface area contributed by atoms with E-state index in [1.807, 2.05) is 24.3 Å². The summed E-state index contributed by atoms with van der Waals surface area (Å²) in [5.74, 6) is 0.0745. The van der Waals surface area contributed by atoms with E-state index in [1.165, 1.54) is 12.4 Å². The maximum absolute atomic E-state index is 12.5. The Kier molecular flexibility index (Phi) is 4.10. The molecule has 1 aromatic carbocycles. The molecule has 2 N–H and O–H groups in total. The maximum atomic E-state index is 12.5. The van der Waals surface area contributed by atoms with Gasteiger partial charge >= 0.3 is 0 Å². The van der Waals surface area contributed by atoms with E-state index in [1.54, 1.807) is 24.5 Å². The summed E-state index contributed by atoms with van der Waals surface area (Å²) in [6, 6.07) is 10.6. The largest absolute Gasteiger partial charge is 0.345 e. The van der Waals surface area contributed by atoms with Gasteiger partial charge in [-0.2, -0.15) is 0 Å². The first-order valence-corrected chi connectivity index (χ1v) is 8.13. The van der Waals surface area contributed by atoms with Gasteiger partial charge in [-0.1, -0.05) is 18.2 Å². The first-order valence-electron chi connectivity index (χ1n) is 8.13. The lowest BCUT2D eigenvalue weighted by atomic mass is 9.97. The lowest BCUT2D eigenvalue weighted by molar-refractivity contribution is -0.116. The van der Waals surface area contributed by atoms with Gasteiger partial charge in [0.1, 0.15) is 0 Å². The number of hydrogen-bond acceptors (Lipinski definition) is 5. The van der Waals surface area contributed by atoms with Gasteiger partial charge in [0, 0.05) is 36.0 Å². The number of nitrogens with one attached hydrogen (secondary N) is 2. The Bertz CT molecular complexity index is 957. The lowest BCUT2D eigenvalue weighted by Gasteiger charge is -2.26. The van der Waals surface area contributed by atoms with Crippen molar-refractivity contribution >= 4 is 17.5 Å². The van der Waals surface area contributed by atoms with Gasteiger partial charge in [0.15, 0.2) is 5.82 Å². The van der Waals surface area contributed by atoms with E-state index in [9.17, 15) is 9.59 Å². The second-order valence-corrected chi connectivity index (χ2v) is 5.90. The molecule has 2 amide bonds. The Morgan fingerprint density at radius 2 is 1.81 bits per heavy atom. The van der Waals surface area contributed by atoms with Gasteiger partial charge in [-0.3, -0.25) is 14.6 Å². The van der Waals surface area contributed by atoms with Gasteiger partial charge in [0.2, 0.25) is 5.91 Å². The summed E-state index contributed by atoms with van der Waals surface area (Å²) in [7, 11) is 0. The number of amides is 2. The Hall–Kier alpha value is -3.61. The van der Waals surface area contributed by atoms with E-state index in [0.29, 0.717) is 11.4 Å². The lowest BCUT2D eigenvalue weighted by Crippen LogP contribution is -2.35. The molecule has 7 heteroatoms. The average molecular weight is 345 g/mol. The van der Waals surface area contributed by atoms with Gasteiger partial charge < -0.3 is 10.6 Å². The minimum Gasteiger partial charge on any atom is -0.345 e. The molecular formula is C19H15N5O2. The van der Waals surface area contributed by atoms with Crippen molar-refractivity contribution in [3.05, 3.63) is 72.3 Å². The molecule has 1 aliphatic heterocycles. The number of rotatable bonds is 3. The smallest absolute Gasteiger partial charge is 0.254 e. The van der Waals surface area contributed by atoms with Crippen LogP contribution in [0.4, 0.5) is 5.69 Å². The Morgan fingerprint density at radius 1 is 1.08 bits per heavy atom. The highest BCUT2D eigenvalue weighted by Gasteiger charge is 2.26. The summed E-state index contributed by atoms with van der Waals surface area (Å²) in [6.07, 6.45) is 6.47. The van der Waals surface area contributed by atoms with E-state index in [4.69, 9.17) is 0 Å². The van der Waals surface area contributed by atoms with Crippen LogP contribution in [0.2, 0.25) is 0 Å². The monoisotopic (exact) mass is 345 g/mol. The predicted octanol–water partition coefficient (Wildman–Crippen LogP) is 2.35. The summed E-state index contributed by atoms with van der Waals surface area (Å²) in [5, 5.41) is 5.70. The zero-order chi connectivity index (χ0) is 17.9. The standard InChI is InChI=1S/C19H15N5O2/c25-17-9-16(14-3-1-2-4-15(14)23-17)24-19(26)13-10-21-18(22-11-13)12-5-7-20-8-6-12/h1-8,10-11,16H,9H2,(H,23,25)(H,24,26)/t16-/m0/s1. The fraction of sp³-hybridized carbons (Fsp3) is 0.105. The van der Waals surface area contributed by atoms with Crippen molar-refractivity contribution in [2.24, 2.45) is 0 Å². The molecule has 1 atom stereocenters. The van der Waals surface area contributed by atoms with Crippen LogP contribution in [-0.2, 0) is 4.79 Å². The summed E-state index contributed by atoms with van der Waals surface area (Å²) in [5.41, 5.74) is 2.77. The molecule has 3 heterocycles. The van der Waals surface area contributed by atoms with E-state index in [0.717, 1.165) is 16.8 Å². The molecule has 0 fully saturated rings. The number of carbonyl (C=O) groups is 2. The molecule has 0 saturated heterocycles. The minimum atomic E-state index is -0.382. The number of fused-ring (bicyclic) bond motifs is 1. The third-order valence-corrected chi connectivity index (χ3v) is 4.16. The molecule has 3 aromatic rings. The molecule has 0 radical (unpaired) electrons. The highest BCUT2D eigenvalue weighted by atomic mass is 16.2. The fourth-order valence-electron chi connectivity index (χ4n) is 2.88. The van der Waals surface area contributed by atoms with Crippen LogP contribution >= 0.6 is 0 Å². The molecule has 128 valence electrons. The first-order chi connectivity index (χ1) is 12.7. The fourth-order valence-corrected chi connectivity index (χ4v) is 2.88. The van der Waals surface area contributed by atoms with Gasteiger partial charge in [-0.25, -0.2) is 9.97 Å². The van der Waals surface area contributed by atoms with Gasteiger partial charge in [-0.15, -0.1) is 0 Å². The topological polar surface area (TPSA) is 96.9 Å². The SMILES string of the molecule is O=C1C[C@H](NC(=O)c2cnc(-c3ccncc3)nc2)c2ccccc2N1. The average Bonchev–Trinajstić information content (AvgIpc) is 2.68. The van der Waals surface area contributed by atoms with Gasteiger partial charge in [0.25, 0.3) is 5.91 Å². The Labute approximate surface area is 149 Å². The number of nitrogens with zero attached hydrogens (tertiary/aromatic N) is 3. The molecule has 1 aliphatic rings. The highest BCUT2D eigenvalue weighted by Crippen LogP contribution is 2.30. The summed E-state index contributed by atoms with van der Waals surface area (Å²) >= 11 is 0. The quantitative estimate of drug-likeness (QED) is 0.759.